The second-order valence-corrected chi connectivity index (χ2v) is 10.9. The largest absolute Gasteiger partial charge is 0.506 e. The zero-order valence-electron chi connectivity index (χ0n) is 20.5. The molecular formula is C28H29Br2N3O4. The van der Waals surface area contributed by atoms with E-state index in [9.17, 15) is 14.7 Å². The normalized spacial score (nSPS) is 12.2. The number of halogens is 2. The van der Waals surface area contributed by atoms with E-state index in [2.05, 4.69) is 42.5 Å². The van der Waals surface area contributed by atoms with Crippen LogP contribution < -0.4 is 16.4 Å². The van der Waals surface area contributed by atoms with Crippen LogP contribution in [0.3, 0.4) is 0 Å². The van der Waals surface area contributed by atoms with E-state index in [1.165, 1.54) is 6.08 Å². The van der Waals surface area contributed by atoms with Crippen molar-refractivity contribution in [3.8, 4) is 5.75 Å². The summed E-state index contributed by atoms with van der Waals surface area (Å²) in [6.45, 7) is 3.89. The van der Waals surface area contributed by atoms with Gasteiger partial charge in [-0.1, -0.05) is 66.2 Å². The number of para-hydroxylation sites is 3. The van der Waals surface area contributed by atoms with Crippen molar-refractivity contribution in [2.75, 3.05) is 16.4 Å². The third kappa shape index (κ3) is 8.10. The molecule has 0 aromatic heterocycles. The Morgan fingerprint density at radius 1 is 1.05 bits per heavy atom. The fourth-order valence-corrected chi connectivity index (χ4v) is 5.03. The molecule has 7 nitrogen and oxygen atoms in total. The summed E-state index contributed by atoms with van der Waals surface area (Å²) in [5.41, 5.74) is 7.35. The van der Waals surface area contributed by atoms with Crippen LogP contribution >= 0.6 is 31.9 Å². The number of nitrogens with one attached hydrogen (secondary N) is 2. The average Bonchev–Trinajstić information content (AvgIpc) is 2.85. The fraction of sp³-hybridized carbons (Fsp3) is 0.214. The molecule has 2 amide bonds. The molecular weight excluding hydrogens is 602 g/mol. The van der Waals surface area contributed by atoms with Crippen molar-refractivity contribution in [1.82, 2.24) is 0 Å². The lowest BCUT2D eigenvalue weighted by Gasteiger charge is -2.34. The van der Waals surface area contributed by atoms with Crippen LogP contribution in [-0.4, -0.2) is 17.1 Å². The maximum absolute atomic E-state index is 12.8. The first-order valence-electron chi connectivity index (χ1n) is 11.6. The van der Waals surface area contributed by atoms with Crippen LogP contribution in [0.15, 0.2) is 87.8 Å². The van der Waals surface area contributed by atoms with Crippen molar-refractivity contribution in [3.05, 3.63) is 93.4 Å². The van der Waals surface area contributed by atoms with E-state index >= 15 is 0 Å². The molecule has 3 aromatic carbocycles. The lowest BCUT2D eigenvalue weighted by Crippen LogP contribution is -2.29. The van der Waals surface area contributed by atoms with Crippen LogP contribution in [0.1, 0.15) is 38.4 Å². The molecule has 194 valence electrons. The number of anilines is 3. The average molecular weight is 631 g/mol. The Morgan fingerprint density at radius 2 is 1.73 bits per heavy atom. The van der Waals surface area contributed by atoms with E-state index in [1.807, 2.05) is 32.0 Å². The molecule has 3 aromatic rings. The first kappa shape index (κ1) is 28.3. The monoisotopic (exact) mass is 629 g/mol. The summed E-state index contributed by atoms with van der Waals surface area (Å²) in [7, 11) is 0. The van der Waals surface area contributed by atoms with E-state index in [1.54, 1.807) is 54.6 Å². The third-order valence-corrected chi connectivity index (χ3v) is 6.80. The highest BCUT2D eigenvalue weighted by Crippen LogP contribution is 2.46. The van der Waals surface area contributed by atoms with E-state index < -0.39 is 17.6 Å². The number of rotatable bonds is 9. The van der Waals surface area contributed by atoms with E-state index in [0.717, 1.165) is 4.47 Å². The molecule has 37 heavy (non-hydrogen) atoms. The van der Waals surface area contributed by atoms with Crippen LogP contribution in [-0.2, 0) is 9.53 Å². The van der Waals surface area contributed by atoms with Crippen molar-refractivity contribution >= 4 is 60.9 Å². The van der Waals surface area contributed by atoms with Crippen LogP contribution in [0.2, 0.25) is 0 Å². The molecule has 0 saturated carbocycles. The Morgan fingerprint density at radius 3 is 2.43 bits per heavy atom. The molecule has 0 saturated heterocycles. The molecule has 0 aliphatic rings. The Bertz CT molecular complexity index is 1280. The number of aromatic hydroxyl groups is 1. The number of phenolic OH excluding ortho intramolecular Hbond substituents is 1. The standard InChI is InChI=1S/C28H29Br2N3O4/c1-28(2,15-9-8-14-24(34)33-23-13-7-6-12-22(23)31)26(20-16-18(29)17-21(30)25(20)35)37-27(36)32-19-10-4-3-5-11-19/h3-8,10-14,16-17,26,35H,9,15,31H2,1-2H3,(H,32,36)(H,33,34)/b14-8+/t26-/m0/s1. The van der Waals surface area contributed by atoms with Crippen LogP contribution in [0, 0.1) is 5.41 Å². The quantitative estimate of drug-likeness (QED) is 0.142. The summed E-state index contributed by atoms with van der Waals surface area (Å²) in [5.74, 6) is -0.302. The van der Waals surface area contributed by atoms with Gasteiger partial charge >= 0.3 is 6.09 Å². The first-order chi connectivity index (χ1) is 17.6. The van der Waals surface area contributed by atoms with Gasteiger partial charge in [-0.3, -0.25) is 10.1 Å². The van der Waals surface area contributed by atoms with Gasteiger partial charge in [0.1, 0.15) is 11.9 Å². The highest BCUT2D eigenvalue weighted by molar-refractivity contribution is 9.11. The van der Waals surface area contributed by atoms with Gasteiger partial charge in [-0.2, -0.15) is 0 Å². The Balaban J connectivity index is 1.74. The smallest absolute Gasteiger partial charge is 0.412 e. The number of nitrogens with two attached hydrogens (primary N) is 1. The van der Waals surface area contributed by atoms with E-state index in [0.29, 0.717) is 39.9 Å². The Hall–Kier alpha value is -3.30. The van der Waals surface area contributed by atoms with Gasteiger partial charge in [-0.05, 0) is 71.2 Å². The number of allylic oxidation sites excluding steroid dienone is 1. The molecule has 0 spiro atoms. The fourth-order valence-electron chi connectivity index (χ4n) is 3.77. The first-order valence-corrected chi connectivity index (χ1v) is 13.2. The Kier molecular flexibility index (Phi) is 9.77. The number of phenols is 1. The molecule has 0 radical (unpaired) electrons. The molecule has 0 unspecified atom stereocenters. The predicted octanol–water partition coefficient (Wildman–Crippen LogP) is 7.79. The topological polar surface area (TPSA) is 114 Å². The Labute approximate surface area is 233 Å². The van der Waals surface area contributed by atoms with Crippen LogP contribution in [0.4, 0.5) is 21.9 Å². The zero-order chi connectivity index (χ0) is 27.0. The number of amides is 2. The number of nitrogen functional groups attached to an aromatic ring is 1. The van der Waals surface area contributed by atoms with Crippen molar-refractivity contribution in [2.24, 2.45) is 5.41 Å². The molecule has 0 heterocycles. The summed E-state index contributed by atoms with van der Waals surface area (Å²) < 4.78 is 7.09. The van der Waals surface area contributed by atoms with Crippen molar-refractivity contribution in [1.29, 1.82) is 0 Å². The number of carbonyl (C=O) groups excluding carboxylic acids is 2. The summed E-state index contributed by atoms with van der Waals surface area (Å²) in [4.78, 5) is 25.1. The van der Waals surface area contributed by atoms with Gasteiger partial charge in [0, 0.05) is 21.1 Å². The number of ether oxygens (including phenoxy) is 1. The zero-order valence-corrected chi connectivity index (χ0v) is 23.7. The summed E-state index contributed by atoms with van der Waals surface area (Å²) in [6.07, 6.45) is 2.85. The van der Waals surface area contributed by atoms with Gasteiger partial charge in [-0.25, -0.2) is 4.79 Å². The molecule has 5 N–H and O–H groups in total. The highest BCUT2D eigenvalue weighted by Gasteiger charge is 2.36. The molecule has 3 rings (SSSR count). The summed E-state index contributed by atoms with van der Waals surface area (Å²) in [5, 5.41) is 16.3. The van der Waals surface area contributed by atoms with E-state index in [4.69, 9.17) is 10.5 Å². The lowest BCUT2D eigenvalue weighted by molar-refractivity contribution is -0.111. The van der Waals surface area contributed by atoms with Gasteiger partial charge in [0.2, 0.25) is 5.91 Å². The number of hydrogen-bond donors (Lipinski definition) is 4. The van der Waals surface area contributed by atoms with Gasteiger partial charge < -0.3 is 20.9 Å². The summed E-state index contributed by atoms with van der Waals surface area (Å²) in [6, 6.07) is 19.5. The number of carbonyl (C=O) groups is 2. The van der Waals surface area contributed by atoms with E-state index in [-0.39, 0.29) is 11.7 Å². The molecule has 1 atom stereocenters. The highest BCUT2D eigenvalue weighted by atomic mass is 79.9. The third-order valence-electron chi connectivity index (χ3n) is 5.74. The minimum absolute atomic E-state index is 0.0100. The second-order valence-electron chi connectivity index (χ2n) is 9.11. The molecule has 0 aliphatic heterocycles. The minimum Gasteiger partial charge on any atom is -0.506 e. The van der Waals surface area contributed by atoms with Gasteiger partial charge in [-0.15, -0.1) is 0 Å². The van der Waals surface area contributed by atoms with Crippen LogP contribution in [0.25, 0.3) is 0 Å². The van der Waals surface area contributed by atoms with Gasteiger partial charge in [0.05, 0.1) is 15.8 Å². The molecule has 0 bridgehead atoms. The van der Waals surface area contributed by atoms with Gasteiger partial charge in [0.25, 0.3) is 0 Å². The maximum atomic E-state index is 12.8. The maximum Gasteiger partial charge on any atom is 0.412 e. The summed E-state index contributed by atoms with van der Waals surface area (Å²) >= 11 is 6.82. The molecule has 9 heteroatoms. The SMILES string of the molecule is CC(C)(CC/C=C/C(=O)Nc1ccccc1N)[C@@H](OC(=O)Nc1ccccc1)c1cc(Br)cc(Br)c1O. The predicted molar refractivity (Wildman–Crippen MR) is 154 cm³/mol. The number of hydrogen-bond acceptors (Lipinski definition) is 5. The lowest BCUT2D eigenvalue weighted by atomic mass is 9.78. The molecule has 0 aliphatic carbocycles. The second kappa shape index (κ2) is 12.8. The molecule has 0 fully saturated rings. The minimum atomic E-state index is -0.795. The van der Waals surface area contributed by atoms with Crippen molar-refractivity contribution in [3.63, 3.8) is 0 Å². The number of benzene rings is 3. The van der Waals surface area contributed by atoms with Crippen LogP contribution in [0.5, 0.6) is 5.75 Å². The van der Waals surface area contributed by atoms with Crippen molar-refractivity contribution < 1.29 is 19.4 Å². The van der Waals surface area contributed by atoms with Crippen molar-refractivity contribution in [2.45, 2.75) is 32.8 Å². The van der Waals surface area contributed by atoms with Gasteiger partial charge in [0.15, 0.2) is 0 Å².